The van der Waals surface area contributed by atoms with E-state index >= 15 is 0 Å². The average Bonchev–Trinajstić information content (AvgIpc) is 2.54. The largest absolute Gasteiger partial charge is 0.494 e. The fraction of sp³-hybridized carbons (Fsp3) is 0.611. The van der Waals surface area contributed by atoms with Crippen molar-refractivity contribution < 1.29 is 17.9 Å². The third-order valence-electron chi connectivity index (χ3n) is 3.99. The number of amides is 1. The first-order valence-corrected chi connectivity index (χ1v) is 10.3. The van der Waals surface area contributed by atoms with Crippen LogP contribution < -0.4 is 10.1 Å². The van der Waals surface area contributed by atoms with Gasteiger partial charge in [0.15, 0.2) is 0 Å². The summed E-state index contributed by atoms with van der Waals surface area (Å²) >= 11 is 0. The third-order valence-corrected chi connectivity index (χ3v) is 5.90. The summed E-state index contributed by atoms with van der Waals surface area (Å²) in [5.41, 5.74) is -0.268. The van der Waals surface area contributed by atoms with E-state index < -0.39 is 10.0 Å². The molecule has 1 N–H and O–H groups in total. The fourth-order valence-electron chi connectivity index (χ4n) is 2.81. The highest BCUT2D eigenvalue weighted by molar-refractivity contribution is 7.89. The van der Waals surface area contributed by atoms with Crippen LogP contribution in [-0.2, 0) is 14.8 Å². The smallest absolute Gasteiger partial charge is 0.243 e. The number of piperazine rings is 1. The maximum Gasteiger partial charge on any atom is 0.243 e. The quantitative estimate of drug-likeness (QED) is 0.801. The van der Waals surface area contributed by atoms with Gasteiger partial charge in [0.05, 0.1) is 18.0 Å². The second-order valence-electron chi connectivity index (χ2n) is 7.38. The van der Waals surface area contributed by atoms with Crippen molar-refractivity contribution in [1.29, 1.82) is 0 Å². The highest BCUT2D eigenvalue weighted by Gasteiger charge is 2.29. The van der Waals surface area contributed by atoms with E-state index in [0.717, 1.165) is 0 Å². The number of carbonyl (C=O) groups is 1. The Hall–Kier alpha value is -1.64. The van der Waals surface area contributed by atoms with E-state index in [4.69, 9.17) is 4.74 Å². The summed E-state index contributed by atoms with van der Waals surface area (Å²) in [5.74, 6) is 0.612. The molecule has 0 aromatic heterocycles. The van der Waals surface area contributed by atoms with Crippen LogP contribution in [0.15, 0.2) is 29.2 Å². The highest BCUT2D eigenvalue weighted by atomic mass is 32.2. The summed E-state index contributed by atoms with van der Waals surface area (Å²) in [4.78, 5) is 14.3. The maximum atomic E-state index is 12.8. The molecule has 1 aromatic rings. The molecule has 1 amide bonds. The summed E-state index contributed by atoms with van der Waals surface area (Å²) in [6.45, 7) is 10.3. The lowest BCUT2D eigenvalue weighted by Gasteiger charge is -2.34. The first kappa shape index (κ1) is 20.7. The molecule has 0 unspecified atom stereocenters. The van der Waals surface area contributed by atoms with E-state index in [2.05, 4.69) is 5.32 Å². The lowest BCUT2D eigenvalue weighted by atomic mass is 10.1. The zero-order valence-corrected chi connectivity index (χ0v) is 16.8. The lowest BCUT2D eigenvalue weighted by molar-refractivity contribution is -0.123. The van der Waals surface area contributed by atoms with Crippen LogP contribution in [0.25, 0.3) is 0 Å². The fourth-order valence-corrected chi connectivity index (χ4v) is 4.23. The number of ether oxygens (including phenoxy) is 1. The van der Waals surface area contributed by atoms with Gasteiger partial charge in [-0.3, -0.25) is 9.69 Å². The lowest BCUT2D eigenvalue weighted by Crippen LogP contribution is -2.52. The molecule has 1 aliphatic heterocycles. The van der Waals surface area contributed by atoms with Crippen LogP contribution in [0.1, 0.15) is 27.7 Å². The Kier molecular flexibility index (Phi) is 6.65. The van der Waals surface area contributed by atoms with Gasteiger partial charge in [-0.15, -0.1) is 0 Å². The van der Waals surface area contributed by atoms with E-state index in [-0.39, 0.29) is 22.9 Å². The van der Waals surface area contributed by atoms with Crippen LogP contribution in [0, 0.1) is 0 Å². The van der Waals surface area contributed by atoms with Crippen LogP contribution in [0.4, 0.5) is 0 Å². The molecule has 0 aliphatic carbocycles. The molecule has 26 heavy (non-hydrogen) atoms. The number of benzene rings is 1. The molecule has 8 heteroatoms. The Morgan fingerprint density at radius 1 is 1.12 bits per heavy atom. The third kappa shape index (κ3) is 5.69. The minimum Gasteiger partial charge on any atom is -0.494 e. The Labute approximate surface area is 156 Å². The van der Waals surface area contributed by atoms with Gasteiger partial charge in [-0.25, -0.2) is 8.42 Å². The Morgan fingerprint density at radius 3 is 2.19 bits per heavy atom. The molecular weight excluding hydrogens is 354 g/mol. The molecule has 0 bridgehead atoms. The van der Waals surface area contributed by atoms with Gasteiger partial charge >= 0.3 is 0 Å². The van der Waals surface area contributed by atoms with Crippen LogP contribution in [-0.4, -0.2) is 68.4 Å². The summed E-state index contributed by atoms with van der Waals surface area (Å²) in [5, 5.41) is 2.92. The summed E-state index contributed by atoms with van der Waals surface area (Å²) in [6, 6.07) is 6.49. The summed E-state index contributed by atoms with van der Waals surface area (Å²) < 4.78 is 32.3. The predicted molar refractivity (Wildman–Crippen MR) is 101 cm³/mol. The summed E-state index contributed by atoms with van der Waals surface area (Å²) in [6.07, 6.45) is 0. The van der Waals surface area contributed by atoms with Gasteiger partial charge in [0.2, 0.25) is 15.9 Å². The topological polar surface area (TPSA) is 79.0 Å². The first-order valence-electron chi connectivity index (χ1n) is 8.88. The molecule has 1 heterocycles. The van der Waals surface area contributed by atoms with Crippen molar-refractivity contribution in [2.24, 2.45) is 0 Å². The molecule has 146 valence electrons. The van der Waals surface area contributed by atoms with Gasteiger partial charge in [0.1, 0.15) is 5.75 Å². The van der Waals surface area contributed by atoms with Gasteiger partial charge < -0.3 is 10.1 Å². The van der Waals surface area contributed by atoms with E-state index in [9.17, 15) is 13.2 Å². The molecule has 0 spiro atoms. The number of nitrogens with one attached hydrogen (secondary N) is 1. The van der Waals surface area contributed by atoms with Crippen molar-refractivity contribution in [3.05, 3.63) is 24.3 Å². The molecule has 1 aromatic carbocycles. The number of carbonyl (C=O) groups excluding carboxylic acids is 1. The number of hydrogen-bond acceptors (Lipinski definition) is 5. The number of sulfonamides is 1. The molecular formula is C18H29N3O4S. The van der Waals surface area contributed by atoms with E-state index in [1.165, 1.54) is 4.31 Å². The predicted octanol–water partition coefficient (Wildman–Crippen LogP) is 1.31. The van der Waals surface area contributed by atoms with Crippen LogP contribution in [0.3, 0.4) is 0 Å². The van der Waals surface area contributed by atoms with E-state index in [1.54, 1.807) is 24.3 Å². The second kappa shape index (κ2) is 8.37. The van der Waals surface area contributed by atoms with Gasteiger partial charge in [0, 0.05) is 31.7 Å². The minimum atomic E-state index is -3.52. The molecule has 0 saturated carbocycles. The summed E-state index contributed by atoms with van der Waals surface area (Å²) in [7, 11) is -3.52. The van der Waals surface area contributed by atoms with E-state index in [1.807, 2.05) is 32.6 Å². The monoisotopic (exact) mass is 383 g/mol. The van der Waals surface area contributed by atoms with Crippen molar-refractivity contribution in [2.45, 2.75) is 38.1 Å². The van der Waals surface area contributed by atoms with Crippen LogP contribution in [0.5, 0.6) is 5.75 Å². The van der Waals surface area contributed by atoms with Gasteiger partial charge in [-0.1, -0.05) is 0 Å². The number of hydrogen-bond donors (Lipinski definition) is 1. The molecule has 0 atom stereocenters. The van der Waals surface area contributed by atoms with Gasteiger partial charge in [-0.2, -0.15) is 4.31 Å². The number of nitrogens with zero attached hydrogens (tertiary/aromatic N) is 2. The molecule has 1 saturated heterocycles. The van der Waals surface area contributed by atoms with Gasteiger partial charge in [-0.05, 0) is 52.0 Å². The highest BCUT2D eigenvalue weighted by Crippen LogP contribution is 2.20. The molecule has 2 rings (SSSR count). The van der Waals surface area contributed by atoms with Crippen LogP contribution >= 0.6 is 0 Å². The van der Waals surface area contributed by atoms with E-state index in [0.29, 0.717) is 38.5 Å². The van der Waals surface area contributed by atoms with Crippen molar-refractivity contribution >= 4 is 15.9 Å². The maximum absolute atomic E-state index is 12.8. The Bertz CT molecular complexity index is 703. The molecule has 1 aliphatic rings. The zero-order valence-electron chi connectivity index (χ0n) is 16.0. The average molecular weight is 384 g/mol. The Balaban J connectivity index is 1.92. The normalized spacial score (nSPS) is 17.1. The Morgan fingerprint density at radius 2 is 1.69 bits per heavy atom. The van der Waals surface area contributed by atoms with Crippen molar-refractivity contribution in [1.82, 2.24) is 14.5 Å². The standard InChI is InChI=1S/C18H29N3O4S/c1-5-25-15-6-8-16(9-7-15)26(23,24)21-12-10-20(11-13-21)14-17(22)19-18(2,3)4/h6-9H,5,10-14H2,1-4H3,(H,19,22). The molecule has 7 nitrogen and oxygen atoms in total. The molecule has 1 fully saturated rings. The zero-order chi connectivity index (χ0) is 19.4. The number of rotatable bonds is 6. The minimum absolute atomic E-state index is 0.0414. The van der Waals surface area contributed by atoms with Crippen molar-refractivity contribution in [2.75, 3.05) is 39.3 Å². The molecule has 0 radical (unpaired) electrons. The van der Waals surface area contributed by atoms with Crippen molar-refractivity contribution in [3.8, 4) is 5.75 Å². The second-order valence-corrected chi connectivity index (χ2v) is 9.32. The van der Waals surface area contributed by atoms with Gasteiger partial charge in [0.25, 0.3) is 0 Å². The SMILES string of the molecule is CCOc1ccc(S(=O)(=O)N2CCN(CC(=O)NC(C)(C)C)CC2)cc1. The van der Waals surface area contributed by atoms with Crippen molar-refractivity contribution in [3.63, 3.8) is 0 Å². The first-order chi connectivity index (χ1) is 12.1. The van der Waals surface area contributed by atoms with Crippen LogP contribution in [0.2, 0.25) is 0 Å².